The molecule has 1 nitrogen and oxygen atoms in total. The van der Waals surface area contributed by atoms with Crippen molar-refractivity contribution in [3.05, 3.63) is 68.6 Å². The van der Waals surface area contributed by atoms with E-state index < -0.39 is 0 Å². The number of halogens is 2. The lowest BCUT2D eigenvalue weighted by atomic mass is 9.76. The van der Waals surface area contributed by atoms with Gasteiger partial charge in [0.1, 0.15) is 0 Å². The first kappa shape index (κ1) is 14.3. The number of rotatable bonds is 4. The zero-order valence-electron chi connectivity index (χ0n) is 11.2. The fourth-order valence-electron chi connectivity index (χ4n) is 2.71. The Labute approximate surface area is 137 Å². The molecule has 0 saturated heterocycles. The van der Waals surface area contributed by atoms with Gasteiger partial charge in [-0.1, -0.05) is 62.2 Å². The SMILES string of the molecule is Brc1cccc(C2CC(NCc3ccccc3Br)C2)c1. The first-order valence-corrected chi connectivity index (χ1v) is 8.53. The fourth-order valence-corrected chi connectivity index (χ4v) is 3.56. The van der Waals surface area contributed by atoms with Crippen LogP contribution in [-0.4, -0.2) is 6.04 Å². The summed E-state index contributed by atoms with van der Waals surface area (Å²) in [5.74, 6) is 0.712. The summed E-state index contributed by atoms with van der Waals surface area (Å²) in [7, 11) is 0. The van der Waals surface area contributed by atoms with Gasteiger partial charge in [-0.25, -0.2) is 0 Å². The van der Waals surface area contributed by atoms with Gasteiger partial charge in [-0.3, -0.25) is 0 Å². The standard InChI is InChI=1S/C17H17Br2N/c18-15-6-3-5-12(8-15)14-9-16(10-14)20-11-13-4-1-2-7-17(13)19/h1-8,14,16,20H,9-11H2. The smallest absolute Gasteiger partial charge is 0.0220 e. The third-order valence-electron chi connectivity index (χ3n) is 4.00. The Morgan fingerprint density at radius 2 is 1.80 bits per heavy atom. The second kappa shape index (κ2) is 6.42. The molecule has 0 atom stereocenters. The highest BCUT2D eigenvalue weighted by Crippen LogP contribution is 2.37. The molecule has 0 amide bonds. The van der Waals surface area contributed by atoms with Crippen molar-refractivity contribution in [2.75, 3.05) is 0 Å². The molecule has 0 spiro atoms. The third kappa shape index (κ3) is 3.33. The van der Waals surface area contributed by atoms with Gasteiger partial charge in [-0.15, -0.1) is 0 Å². The lowest BCUT2D eigenvalue weighted by molar-refractivity contribution is 0.289. The van der Waals surface area contributed by atoms with E-state index in [4.69, 9.17) is 0 Å². The van der Waals surface area contributed by atoms with Crippen molar-refractivity contribution in [1.82, 2.24) is 5.32 Å². The monoisotopic (exact) mass is 393 g/mol. The van der Waals surface area contributed by atoms with Gasteiger partial charge >= 0.3 is 0 Å². The van der Waals surface area contributed by atoms with Crippen molar-refractivity contribution >= 4 is 31.9 Å². The molecule has 1 fully saturated rings. The van der Waals surface area contributed by atoms with Gasteiger partial charge < -0.3 is 5.32 Å². The Hall–Kier alpha value is -0.640. The van der Waals surface area contributed by atoms with E-state index in [-0.39, 0.29) is 0 Å². The highest BCUT2D eigenvalue weighted by molar-refractivity contribution is 9.10. The second-order valence-corrected chi connectivity index (χ2v) is 7.16. The normalized spacial score (nSPS) is 21.5. The first-order valence-electron chi connectivity index (χ1n) is 6.94. The Morgan fingerprint density at radius 1 is 1.00 bits per heavy atom. The fraction of sp³-hybridized carbons (Fsp3) is 0.294. The molecule has 0 heterocycles. The first-order chi connectivity index (χ1) is 9.72. The summed E-state index contributed by atoms with van der Waals surface area (Å²) in [6.07, 6.45) is 2.47. The molecule has 1 N–H and O–H groups in total. The van der Waals surface area contributed by atoms with Crippen molar-refractivity contribution in [1.29, 1.82) is 0 Å². The molecular weight excluding hydrogens is 378 g/mol. The van der Waals surface area contributed by atoms with Crippen LogP contribution in [0, 0.1) is 0 Å². The molecule has 20 heavy (non-hydrogen) atoms. The van der Waals surface area contributed by atoms with Gasteiger partial charge in [0, 0.05) is 21.5 Å². The van der Waals surface area contributed by atoms with E-state index in [9.17, 15) is 0 Å². The lowest BCUT2D eigenvalue weighted by Crippen LogP contribution is -2.39. The molecule has 0 radical (unpaired) electrons. The summed E-state index contributed by atoms with van der Waals surface area (Å²) >= 11 is 7.14. The van der Waals surface area contributed by atoms with Crippen LogP contribution in [0.3, 0.4) is 0 Å². The quantitative estimate of drug-likeness (QED) is 0.746. The molecule has 2 aromatic carbocycles. The van der Waals surface area contributed by atoms with Gasteiger partial charge in [0.25, 0.3) is 0 Å². The Kier molecular flexibility index (Phi) is 4.59. The van der Waals surface area contributed by atoms with Crippen molar-refractivity contribution < 1.29 is 0 Å². The van der Waals surface area contributed by atoms with Gasteiger partial charge in [0.05, 0.1) is 0 Å². The largest absolute Gasteiger partial charge is 0.310 e. The predicted octanol–water partition coefficient (Wildman–Crippen LogP) is 5.25. The van der Waals surface area contributed by atoms with E-state index in [2.05, 4.69) is 85.7 Å². The number of benzene rings is 2. The summed E-state index contributed by atoms with van der Waals surface area (Å²) in [6, 6.07) is 17.8. The number of hydrogen-bond donors (Lipinski definition) is 1. The Morgan fingerprint density at radius 3 is 2.55 bits per heavy atom. The Bertz CT molecular complexity index is 591. The summed E-state index contributed by atoms with van der Waals surface area (Å²) in [4.78, 5) is 0. The molecule has 0 unspecified atom stereocenters. The van der Waals surface area contributed by atoms with Crippen molar-refractivity contribution in [3.63, 3.8) is 0 Å². The molecule has 0 bridgehead atoms. The predicted molar refractivity (Wildman–Crippen MR) is 90.9 cm³/mol. The van der Waals surface area contributed by atoms with Crippen molar-refractivity contribution in [2.45, 2.75) is 31.3 Å². The average Bonchev–Trinajstić information content (AvgIpc) is 2.39. The van der Waals surface area contributed by atoms with Gasteiger partial charge in [-0.05, 0) is 48.1 Å². The van der Waals surface area contributed by atoms with Crippen molar-refractivity contribution in [2.24, 2.45) is 0 Å². The summed E-state index contributed by atoms with van der Waals surface area (Å²) in [5.41, 5.74) is 2.79. The van der Waals surface area contributed by atoms with Crippen LogP contribution in [0.1, 0.15) is 29.9 Å². The molecular formula is C17H17Br2N. The highest BCUT2D eigenvalue weighted by atomic mass is 79.9. The summed E-state index contributed by atoms with van der Waals surface area (Å²) < 4.78 is 2.37. The molecule has 1 saturated carbocycles. The molecule has 3 rings (SSSR count). The van der Waals surface area contributed by atoms with E-state index in [1.807, 2.05) is 0 Å². The maximum absolute atomic E-state index is 3.65. The zero-order valence-corrected chi connectivity index (χ0v) is 14.3. The maximum atomic E-state index is 3.65. The average molecular weight is 395 g/mol. The molecule has 3 heteroatoms. The maximum Gasteiger partial charge on any atom is 0.0220 e. The lowest BCUT2D eigenvalue weighted by Gasteiger charge is -2.36. The van der Waals surface area contributed by atoms with E-state index in [0.29, 0.717) is 12.0 Å². The molecule has 2 aromatic rings. The minimum atomic E-state index is 0.645. The Balaban J connectivity index is 1.50. The minimum absolute atomic E-state index is 0.645. The van der Waals surface area contributed by atoms with Crippen LogP contribution in [0.4, 0.5) is 0 Å². The van der Waals surface area contributed by atoms with E-state index in [1.165, 1.54) is 32.9 Å². The van der Waals surface area contributed by atoms with Crippen LogP contribution in [-0.2, 0) is 6.54 Å². The summed E-state index contributed by atoms with van der Waals surface area (Å²) in [5, 5.41) is 3.65. The van der Waals surface area contributed by atoms with Gasteiger partial charge in [-0.2, -0.15) is 0 Å². The molecule has 104 valence electrons. The van der Waals surface area contributed by atoms with Crippen LogP contribution in [0.25, 0.3) is 0 Å². The van der Waals surface area contributed by atoms with Crippen LogP contribution >= 0.6 is 31.9 Å². The third-order valence-corrected chi connectivity index (χ3v) is 5.26. The van der Waals surface area contributed by atoms with Crippen LogP contribution in [0.5, 0.6) is 0 Å². The van der Waals surface area contributed by atoms with Gasteiger partial charge in [0.15, 0.2) is 0 Å². The number of nitrogens with one attached hydrogen (secondary N) is 1. The van der Waals surface area contributed by atoms with Crippen LogP contribution < -0.4 is 5.32 Å². The minimum Gasteiger partial charge on any atom is -0.310 e. The molecule has 0 aromatic heterocycles. The highest BCUT2D eigenvalue weighted by Gasteiger charge is 2.29. The van der Waals surface area contributed by atoms with E-state index >= 15 is 0 Å². The van der Waals surface area contributed by atoms with Gasteiger partial charge in [0.2, 0.25) is 0 Å². The molecule has 1 aliphatic rings. The van der Waals surface area contributed by atoms with E-state index in [1.54, 1.807) is 0 Å². The molecule has 1 aliphatic carbocycles. The number of hydrogen-bond acceptors (Lipinski definition) is 1. The van der Waals surface area contributed by atoms with Crippen LogP contribution in [0.2, 0.25) is 0 Å². The zero-order chi connectivity index (χ0) is 13.9. The van der Waals surface area contributed by atoms with E-state index in [0.717, 1.165) is 6.54 Å². The summed E-state index contributed by atoms with van der Waals surface area (Å²) in [6.45, 7) is 0.942. The van der Waals surface area contributed by atoms with Crippen LogP contribution in [0.15, 0.2) is 57.5 Å². The molecule has 0 aliphatic heterocycles. The topological polar surface area (TPSA) is 12.0 Å². The second-order valence-electron chi connectivity index (χ2n) is 5.39. The van der Waals surface area contributed by atoms with Crippen molar-refractivity contribution in [3.8, 4) is 0 Å².